The van der Waals surface area contributed by atoms with Crippen molar-refractivity contribution in [2.45, 2.75) is 25.9 Å². The van der Waals surface area contributed by atoms with Crippen molar-refractivity contribution in [3.8, 4) is 0 Å². The molecule has 1 aliphatic rings. The van der Waals surface area contributed by atoms with Crippen LogP contribution in [0.25, 0.3) is 0 Å². The maximum Gasteiger partial charge on any atom is 0.277 e. The van der Waals surface area contributed by atoms with Crippen molar-refractivity contribution < 1.29 is 0 Å². The average Bonchev–Trinajstić information content (AvgIpc) is 2.20. The lowest BCUT2D eigenvalue weighted by Crippen LogP contribution is -2.42. The Morgan fingerprint density at radius 3 is 2.44 bits per heavy atom. The number of anilines is 3. The first kappa shape index (κ1) is 10.8. The van der Waals surface area contributed by atoms with Crippen molar-refractivity contribution in [3.63, 3.8) is 0 Å². The fourth-order valence-corrected chi connectivity index (χ4v) is 1.60. The molecule has 2 atom stereocenters. The number of fused-ring (bicyclic) bond motifs is 1. The zero-order chi connectivity index (χ0) is 11.9. The largest absolute Gasteiger partial charge is 0.373 e. The third kappa shape index (κ3) is 1.70. The Morgan fingerprint density at radius 2 is 1.81 bits per heavy atom. The van der Waals surface area contributed by atoms with Gasteiger partial charge >= 0.3 is 0 Å². The Labute approximate surface area is 94.1 Å². The van der Waals surface area contributed by atoms with Crippen LogP contribution in [0.1, 0.15) is 13.8 Å². The number of nitrogens with zero attached hydrogens (tertiary/aromatic N) is 2. The SMILES string of the molecule is C[C@@H]1Nc2nc(N(C)C)[nH]c(=O)c2N[C@@H]1C. The highest BCUT2D eigenvalue weighted by Crippen LogP contribution is 2.23. The summed E-state index contributed by atoms with van der Waals surface area (Å²) in [4.78, 5) is 20.7. The molecular weight excluding hydrogens is 206 g/mol. The fourth-order valence-electron chi connectivity index (χ4n) is 1.60. The number of rotatable bonds is 1. The molecule has 6 heteroatoms. The van der Waals surface area contributed by atoms with Gasteiger partial charge in [-0.1, -0.05) is 0 Å². The standard InChI is InChI=1S/C10H17N5O/c1-5-6(2)12-8-7(11-5)9(16)14-10(13-8)15(3)4/h5-6,11H,1-4H3,(H2,12,13,14,16)/t5-,6+/m1/s1. The van der Waals surface area contributed by atoms with Gasteiger partial charge in [0, 0.05) is 26.2 Å². The van der Waals surface area contributed by atoms with Gasteiger partial charge in [-0.2, -0.15) is 4.98 Å². The summed E-state index contributed by atoms with van der Waals surface area (Å²) >= 11 is 0. The number of aromatic amines is 1. The van der Waals surface area contributed by atoms with Crippen molar-refractivity contribution in [2.75, 3.05) is 29.6 Å². The van der Waals surface area contributed by atoms with Gasteiger partial charge in [0.1, 0.15) is 5.69 Å². The monoisotopic (exact) mass is 223 g/mol. The molecule has 1 aromatic heterocycles. The van der Waals surface area contributed by atoms with Gasteiger partial charge in [-0.3, -0.25) is 9.78 Å². The van der Waals surface area contributed by atoms with E-state index in [-0.39, 0.29) is 17.6 Å². The second-order valence-electron chi connectivity index (χ2n) is 4.37. The number of hydrogen-bond donors (Lipinski definition) is 3. The van der Waals surface area contributed by atoms with E-state index in [1.165, 1.54) is 0 Å². The molecule has 1 aromatic rings. The highest BCUT2D eigenvalue weighted by atomic mass is 16.1. The molecule has 0 aromatic carbocycles. The molecule has 16 heavy (non-hydrogen) atoms. The zero-order valence-electron chi connectivity index (χ0n) is 9.96. The summed E-state index contributed by atoms with van der Waals surface area (Å²) in [5.74, 6) is 1.18. The van der Waals surface area contributed by atoms with Gasteiger partial charge in [0.2, 0.25) is 5.95 Å². The lowest BCUT2D eigenvalue weighted by Gasteiger charge is -2.30. The summed E-state index contributed by atoms with van der Waals surface area (Å²) in [6.07, 6.45) is 0. The molecule has 0 bridgehead atoms. The van der Waals surface area contributed by atoms with E-state index in [1.54, 1.807) is 4.90 Å². The Kier molecular flexibility index (Phi) is 2.49. The van der Waals surface area contributed by atoms with Crippen LogP contribution in [0, 0.1) is 0 Å². The van der Waals surface area contributed by atoms with Crippen LogP contribution in [0.15, 0.2) is 4.79 Å². The molecular formula is C10H17N5O. The molecule has 0 saturated carbocycles. The van der Waals surface area contributed by atoms with Crippen LogP contribution in [0.5, 0.6) is 0 Å². The molecule has 0 amide bonds. The van der Waals surface area contributed by atoms with E-state index in [2.05, 4.69) is 27.5 Å². The second-order valence-corrected chi connectivity index (χ2v) is 4.37. The van der Waals surface area contributed by atoms with Gasteiger partial charge in [-0.15, -0.1) is 0 Å². The van der Waals surface area contributed by atoms with Gasteiger partial charge in [0.05, 0.1) is 0 Å². The van der Waals surface area contributed by atoms with Gasteiger partial charge < -0.3 is 15.5 Å². The predicted molar refractivity (Wildman–Crippen MR) is 65.4 cm³/mol. The van der Waals surface area contributed by atoms with Crippen molar-refractivity contribution >= 4 is 17.5 Å². The first-order valence-corrected chi connectivity index (χ1v) is 5.33. The molecule has 0 fully saturated rings. The number of aromatic nitrogens is 2. The average molecular weight is 223 g/mol. The van der Waals surface area contributed by atoms with E-state index in [0.29, 0.717) is 17.5 Å². The molecule has 6 nitrogen and oxygen atoms in total. The lowest BCUT2D eigenvalue weighted by atomic mass is 10.1. The van der Waals surface area contributed by atoms with Crippen LogP contribution in [0.3, 0.4) is 0 Å². The van der Waals surface area contributed by atoms with Crippen molar-refractivity contribution in [1.82, 2.24) is 9.97 Å². The van der Waals surface area contributed by atoms with Gasteiger partial charge in [0.25, 0.3) is 5.56 Å². The summed E-state index contributed by atoms with van der Waals surface area (Å²) in [5, 5.41) is 6.38. The third-order valence-electron chi connectivity index (χ3n) is 2.82. The molecule has 88 valence electrons. The van der Waals surface area contributed by atoms with Gasteiger partial charge in [-0.05, 0) is 13.8 Å². The van der Waals surface area contributed by atoms with Crippen molar-refractivity contribution in [2.24, 2.45) is 0 Å². The van der Waals surface area contributed by atoms with E-state index < -0.39 is 0 Å². The third-order valence-corrected chi connectivity index (χ3v) is 2.82. The molecule has 3 N–H and O–H groups in total. The van der Waals surface area contributed by atoms with Crippen LogP contribution in [-0.4, -0.2) is 36.1 Å². The zero-order valence-corrected chi connectivity index (χ0v) is 9.96. The topological polar surface area (TPSA) is 73.0 Å². The molecule has 1 aliphatic heterocycles. The Bertz CT molecular complexity index is 453. The molecule has 0 radical (unpaired) electrons. The summed E-state index contributed by atoms with van der Waals surface area (Å²) in [6.45, 7) is 4.08. The molecule has 0 aliphatic carbocycles. The van der Waals surface area contributed by atoms with E-state index in [0.717, 1.165) is 0 Å². The minimum Gasteiger partial charge on any atom is -0.373 e. The first-order chi connectivity index (χ1) is 7.49. The molecule has 0 spiro atoms. The summed E-state index contributed by atoms with van der Waals surface area (Å²) in [6, 6.07) is 0.456. The Balaban J connectivity index is 2.49. The van der Waals surface area contributed by atoms with Gasteiger partial charge in [0.15, 0.2) is 5.82 Å². The fraction of sp³-hybridized carbons (Fsp3) is 0.600. The van der Waals surface area contributed by atoms with Crippen LogP contribution in [0.4, 0.5) is 17.5 Å². The minimum atomic E-state index is -0.139. The van der Waals surface area contributed by atoms with Gasteiger partial charge in [-0.25, -0.2) is 0 Å². The maximum atomic E-state index is 11.8. The highest BCUT2D eigenvalue weighted by Gasteiger charge is 2.24. The Morgan fingerprint density at radius 1 is 1.19 bits per heavy atom. The van der Waals surface area contributed by atoms with E-state index >= 15 is 0 Å². The summed E-state index contributed by atoms with van der Waals surface area (Å²) < 4.78 is 0. The summed E-state index contributed by atoms with van der Waals surface area (Å²) in [5.41, 5.74) is 0.385. The smallest absolute Gasteiger partial charge is 0.277 e. The second kappa shape index (κ2) is 3.70. The van der Waals surface area contributed by atoms with Crippen molar-refractivity contribution in [3.05, 3.63) is 10.4 Å². The maximum absolute atomic E-state index is 11.8. The first-order valence-electron chi connectivity index (χ1n) is 5.33. The molecule has 2 rings (SSSR count). The van der Waals surface area contributed by atoms with E-state index in [1.807, 2.05) is 21.0 Å². The molecule has 0 saturated heterocycles. The van der Waals surface area contributed by atoms with Crippen LogP contribution in [0.2, 0.25) is 0 Å². The Hall–Kier alpha value is -1.72. The normalized spacial score (nSPS) is 23.0. The van der Waals surface area contributed by atoms with Crippen LogP contribution in [-0.2, 0) is 0 Å². The number of nitrogens with one attached hydrogen (secondary N) is 3. The molecule has 2 heterocycles. The van der Waals surface area contributed by atoms with Crippen LogP contribution >= 0.6 is 0 Å². The molecule has 0 unspecified atom stereocenters. The highest BCUT2D eigenvalue weighted by molar-refractivity contribution is 5.68. The quantitative estimate of drug-likeness (QED) is 0.644. The van der Waals surface area contributed by atoms with Crippen molar-refractivity contribution in [1.29, 1.82) is 0 Å². The minimum absolute atomic E-state index is 0.139. The number of H-pyrrole nitrogens is 1. The van der Waals surface area contributed by atoms with E-state index in [9.17, 15) is 4.79 Å². The lowest BCUT2D eigenvalue weighted by molar-refractivity contribution is 0.655. The number of hydrogen-bond acceptors (Lipinski definition) is 5. The van der Waals surface area contributed by atoms with Crippen LogP contribution < -0.4 is 21.1 Å². The van der Waals surface area contributed by atoms with E-state index in [4.69, 9.17) is 0 Å². The summed E-state index contributed by atoms with van der Waals surface area (Å²) in [7, 11) is 3.68. The predicted octanol–water partition coefficient (Wildman–Crippen LogP) is 0.450.